The van der Waals surface area contributed by atoms with E-state index in [0.29, 0.717) is 5.56 Å². The number of ether oxygens (including phenoxy) is 3. The van der Waals surface area contributed by atoms with Gasteiger partial charge in [-0.25, -0.2) is 14.3 Å². The van der Waals surface area contributed by atoms with Gasteiger partial charge in [0.05, 0.1) is 44.2 Å². The predicted octanol–water partition coefficient (Wildman–Crippen LogP) is 3.46. The zero-order valence-corrected chi connectivity index (χ0v) is 18.6. The molecule has 0 saturated carbocycles. The summed E-state index contributed by atoms with van der Waals surface area (Å²) >= 11 is 0. The number of esters is 1. The second-order valence-electron chi connectivity index (χ2n) is 8.57. The molecule has 1 aromatic heterocycles. The lowest BCUT2D eigenvalue weighted by atomic mass is 10.1. The van der Waals surface area contributed by atoms with Gasteiger partial charge in [-0.3, -0.25) is 0 Å². The lowest BCUT2D eigenvalue weighted by molar-refractivity contribution is -0.137. The van der Waals surface area contributed by atoms with Crippen LogP contribution in [0, 0.1) is 0 Å². The summed E-state index contributed by atoms with van der Waals surface area (Å²) in [5.74, 6) is -0.662. The second-order valence-corrected chi connectivity index (χ2v) is 8.57. The van der Waals surface area contributed by atoms with Gasteiger partial charge >= 0.3 is 18.2 Å². The summed E-state index contributed by atoms with van der Waals surface area (Å²) < 4.78 is 55.8. The Hall–Kier alpha value is -3.15. The van der Waals surface area contributed by atoms with Gasteiger partial charge in [0.1, 0.15) is 5.60 Å². The molecule has 12 heteroatoms. The number of aromatic nitrogens is 3. The van der Waals surface area contributed by atoms with Crippen LogP contribution in [-0.2, 0) is 27.0 Å². The number of hydrogen-bond acceptors (Lipinski definition) is 7. The molecule has 33 heavy (non-hydrogen) atoms. The van der Waals surface area contributed by atoms with Crippen LogP contribution in [0.3, 0.4) is 0 Å². The first-order valence-electron chi connectivity index (χ1n) is 10.1. The van der Waals surface area contributed by atoms with Crippen molar-refractivity contribution in [2.75, 3.05) is 20.2 Å². The third-order valence-electron chi connectivity index (χ3n) is 4.88. The SMILES string of the molecule is COC(=O)c1cn([C@@H]2CN(C(=O)OC(C)(C)C)C[C@H]2OCc2ccc(C(F)(F)F)cc2)nn1. The second kappa shape index (κ2) is 9.38. The molecule has 2 atom stereocenters. The topological polar surface area (TPSA) is 95.8 Å². The van der Waals surface area contributed by atoms with Crippen LogP contribution >= 0.6 is 0 Å². The number of benzene rings is 1. The summed E-state index contributed by atoms with van der Waals surface area (Å²) in [7, 11) is 1.22. The number of hydrogen-bond donors (Lipinski definition) is 0. The number of rotatable bonds is 5. The molecule has 0 N–H and O–H groups in total. The van der Waals surface area contributed by atoms with Gasteiger partial charge in [-0.2, -0.15) is 13.2 Å². The summed E-state index contributed by atoms with van der Waals surface area (Å²) in [6, 6.07) is 4.14. The number of carbonyl (C=O) groups is 2. The van der Waals surface area contributed by atoms with E-state index in [2.05, 4.69) is 15.0 Å². The van der Waals surface area contributed by atoms with Gasteiger partial charge in [0, 0.05) is 6.54 Å². The molecule has 1 aromatic carbocycles. The highest BCUT2D eigenvalue weighted by atomic mass is 19.4. The van der Waals surface area contributed by atoms with E-state index in [-0.39, 0.29) is 25.4 Å². The van der Waals surface area contributed by atoms with E-state index in [0.717, 1.165) is 12.1 Å². The van der Waals surface area contributed by atoms with Crippen molar-refractivity contribution in [1.82, 2.24) is 19.9 Å². The zero-order chi connectivity index (χ0) is 24.4. The maximum absolute atomic E-state index is 12.8. The molecule has 0 aliphatic carbocycles. The van der Waals surface area contributed by atoms with E-state index < -0.39 is 41.5 Å². The standard InChI is InChI=1S/C21H25F3N4O5/c1-20(2,3)33-19(30)27-10-16(28-9-15(25-26-28)18(29)31-4)17(11-27)32-12-13-5-7-14(8-6-13)21(22,23)24/h5-9,16-17H,10-12H2,1-4H3/t16-,17-/m1/s1. The third kappa shape index (κ3) is 6.21. The van der Waals surface area contributed by atoms with Gasteiger partial charge in [0.2, 0.25) is 0 Å². The fourth-order valence-electron chi connectivity index (χ4n) is 3.28. The molecular formula is C21H25F3N4O5. The third-order valence-corrected chi connectivity index (χ3v) is 4.88. The minimum atomic E-state index is -4.42. The molecule has 2 heterocycles. The number of likely N-dealkylation sites (tertiary alicyclic amines) is 1. The average molecular weight is 470 g/mol. The van der Waals surface area contributed by atoms with E-state index in [1.54, 1.807) is 20.8 Å². The van der Waals surface area contributed by atoms with E-state index in [4.69, 9.17) is 9.47 Å². The number of methoxy groups -OCH3 is 1. The average Bonchev–Trinajstić information content (AvgIpc) is 3.37. The fourth-order valence-corrected chi connectivity index (χ4v) is 3.28. The molecule has 2 aromatic rings. The molecule has 1 aliphatic rings. The highest BCUT2D eigenvalue weighted by Gasteiger charge is 2.40. The highest BCUT2D eigenvalue weighted by molar-refractivity contribution is 5.86. The largest absolute Gasteiger partial charge is 0.464 e. The normalized spacial score (nSPS) is 18.9. The Labute approximate surface area is 188 Å². The lowest BCUT2D eigenvalue weighted by Gasteiger charge is -2.24. The van der Waals surface area contributed by atoms with E-state index >= 15 is 0 Å². The highest BCUT2D eigenvalue weighted by Crippen LogP contribution is 2.30. The van der Waals surface area contributed by atoms with Crippen molar-refractivity contribution in [3.63, 3.8) is 0 Å². The van der Waals surface area contributed by atoms with E-state index in [9.17, 15) is 22.8 Å². The van der Waals surface area contributed by atoms with Crippen LogP contribution in [0.4, 0.5) is 18.0 Å². The van der Waals surface area contributed by atoms with Crippen molar-refractivity contribution in [3.8, 4) is 0 Å². The molecule has 1 amide bonds. The molecule has 0 radical (unpaired) electrons. The molecule has 3 rings (SSSR count). The van der Waals surface area contributed by atoms with Gasteiger partial charge in [0.15, 0.2) is 5.69 Å². The smallest absolute Gasteiger partial charge is 0.416 e. The predicted molar refractivity (Wildman–Crippen MR) is 108 cm³/mol. The number of halogens is 3. The zero-order valence-electron chi connectivity index (χ0n) is 18.6. The van der Waals surface area contributed by atoms with Crippen LogP contribution in [0.2, 0.25) is 0 Å². The molecule has 180 valence electrons. The first-order chi connectivity index (χ1) is 15.4. The van der Waals surface area contributed by atoms with Crippen LogP contribution in [0.5, 0.6) is 0 Å². The van der Waals surface area contributed by atoms with Gasteiger partial charge in [-0.05, 0) is 38.5 Å². The van der Waals surface area contributed by atoms with Crippen molar-refractivity contribution >= 4 is 12.1 Å². The summed E-state index contributed by atoms with van der Waals surface area (Å²) in [5.41, 5.74) is -0.920. The van der Waals surface area contributed by atoms with Crippen LogP contribution < -0.4 is 0 Å². The summed E-state index contributed by atoms with van der Waals surface area (Å²) in [6.45, 7) is 5.59. The molecule has 0 unspecified atom stereocenters. The van der Waals surface area contributed by atoms with Crippen LogP contribution in [0.1, 0.15) is 48.4 Å². The monoisotopic (exact) mass is 470 g/mol. The van der Waals surface area contributed by atoms with Crippen molar-refractivity contribution < 1.29 is 37.0 Å². The Morgan fingerprint density at radius 2 is 1.79 bits per heavy atom. The fraction of sp³-hybridized carbons (Fsp3) is 0.524. The van der Waals surface area contributed by atoms with E-state index in [1.165, 1.54) is 35.0 Å². The Morgan fingerprint density at radius 3 is 2.36 bits per heavy atom. The Morgan fingerprint density at radius 1 is 1.12 bits per heavy atom. The van der Waals surface area contributed by atoms with Crippen LogP contribution in [0.25, 0.3) is 0 Å². The molecule has 1 aliphatic heterocycles. The lowest BCUT2D eigenvalue weighted by Crippen LogP contribution is -2.36. The van der Waals surface area contributed by atoms with Gasteiger partial charge < -0.3 is 19.1 Å². The Balaban J connectivity index is 1.76. The molecule has 0 spiro atoms. The number of nitrogens with zero attached hydrogens (tertiary/aromatic N) is 4. The quantitative estimate of drug-likeness (QED) is 0.618. The molecular weight excluding hydrogens is 445 g/mol. The van der Waals surface area contributed by atoms with Crippen molar-refractivity contribution in [1.29, 1.82) is 0 Å². The van der Waals surface area contributed by atoms with Gasteiger partial charge in [-0.1, -0.05) is 17.3 Å². The van der Waals surface area contributed by atoms with Crippen molar-refractivity contribution in [3.05, 3.63) is 47.3 Å². The van der Waals surface area contributed by atoms with Gasteiger partial charge in [0.25, 0.3) is 0 Å². The molecule has 0 bridgehead atoms. The molecule has 1 fully saturated rings. The maximum atomic E-state index is 12.8. The maximum Gasteiger partial charge on any atom is 0.416 e. The molecule has 1 saturated heterocycles. The molecule has 9 nitrogen and oxygen atoms in total. The summed E-state index contributed by atoms with van der Waals surface area (Å²) in [6.07, 6.45) is -4.15. The van der Waals surface area contributed by atoms with Crippen LogP contribution in [0.15, 0.2) is 30.5 Å². The minimum Gasteiger partial charge on any atom is -0.464 e. The number of alkyl halides is 3. The summed E-state index contributed by atoms with van der Waals surface area (Å²) in [4.78, 5) is 25.7. The first kappa shape index (κ1) is 24.5. The van der Waals surface area contributed by atoms with Crippen molar-refractivity contribution in [2.24, 2.45) is 0 Å². The number of carbonyl (C=O) groups excluding carboxylic acids is 2. The Kier molecular flexibility index (Phi) is 6.96. The van der Waals surface area contributed by atoms with Crippen LogP contribution in [-0.4, -0.2) is 63.9 Å². The summed E-state index contributed by atoms with van der Waals surface area (Å²) in [5, 5.41) is 7.75. The Bertz CT molecular complexity index is 985. The van der Waals surface area contributed by atoms with E-state index in [1.807, 2.05) is 0 Å². The number of amides is 1. The first-order valence-corrected chi connectivity index (χ1v) is 10.1. The van der Waals surface area contributed by atoms with Crippen molar-refractivity contribution in [2.45, 2.75) is 51.3 Å². The van der Waals surface area contributed by atoms with Gasteiger partial charge in [-0.15, -0.1) is 5.10 Å². The minimum absolute atomic E-state index is 0.00490.